The lowest BCUT2D eigenvalue weighted by atomic mass is 9.97. The van der Waals surface area contributed by atoms with E-state index in [-0.39, 0.29) is 6.04 Å². The standard InChI is InChI=1S/C15H24N2O2S/c1-12-11-13(16)9-10-15(12)20(18,19)17-14-7-5-3-2-4-6-8-14/h9-11,14,17H,2-8,16H2,1H3. The van der Waals surface area contributed by atoms with Crippen molar-refractivity contribution in [3.05, 3.63) is 23.8 Å². The molecule has 0 unspecified atom stereocenters. The lowest BCUT2D eigenvalue weighted by Crippen LogP contribution is -2.35. The highest BCUT2D eigenvalue weighted by atomic mass is 32.2. The Balaban J connectivity index is 2.13. The molecule has 5 heteroatoms. The highest BCUT2D eigenvalue weighted by Gasteiger charge is 2.22. The van der Waals surface area contributed by atoms with Crippen molar-refractivity contribution in [3.8, 4) is 0 Å². The van der Waals surface area contributed by atoms with E-state index in [1.165, 1.54) is 19.3 Å². The summed E-state index contributed by atoms with van der Waals surface area (Å²) in [5.41, 5.74) is 6.97. The maximum Gasteiger partial charge on any atom is 0.241 e. The molecule has 20 heavy (non-hydrogen) atoms. The second kappa shape index (κ2) is 6.59. The van der Waals surface area contributed by atoms with E-state index in [1.54, 1.807) is 25.1 Å². The van der Waals surface area contributed by atoms with Crippen molar-refractivity contribution in [1.82, 2.24) is 4.72 Å². The number of nitrogens with two attached hydrogens (primary N) is 1. The Labute approximate surface area is 121 Å². The zero-order valence-corrected chi connectivity index (χ0v) is 12.9. The minimum Gasteiger partial charge on any atom is -0.399 e. The first-order chi connectivity index (χ1) is 9.49. The summed E-state index contributed by atoms with van der Waals surface area (Å²) in [6.45, 7) is 1.78. The van der Waals surface area contributed by atoms with E-state index < -0.39 is 10.0 Å². The zero-order chi connectivity index (χ0) is 14.6. The summed E-state index contributed by atoms with van der Waals surface area (Å²) in [7, 11) is -3.44. The molecule has 0 atom stereocenters. The highest BCUT2D eigenvalue weighted by Crippen LogP contribution is 2.21. The average molecular weight is 296 g/mol. The number of hydrogen-bond donors (Lipinski definition) is 2. The minimum absolute atomic E-state index is 0.0669. The zero-order valence-electron chi connectivity index (χ0n) is 12.1. The summed E-state index contributed by atoms with van der Waals surface area (Å²) >= 11 is 0. The maximum atomic E-state index is 12.5. The number of hydrogen-bond acceptors (Lipinski definition) is 3. The van der Waals surface area contributed by atoms with Crippen LogP contribution in [0.15, 0.2) is 23.1 Å². The number of anilines is 1. The van der Waals surface area contributed by atoms with Crippen LogP contribution in [0.4, 0.5) is 5.69 Å². The van der Waals surface area contributed by atoms with Crippen molar-refractivity contribution in [3.63, 3.8) is 0 Å². The molecule has 0 aliphatic heterocycles. The molecule has 2 rings (SSSR count). The third kappa shape index (κ3) is 3.96. The Bertz CT molecular complexity index is 547. The average Bonchev–Trinajstić information content (AvgIpc) is 2.31. The van der Waals surface area contributed by atoms with Crippen LogP contribution in [0, 0.1) is 6.92 Å². The monoisotopic (exact) mass is 296 g/mol. The highest BCUT2D eigenvalue weighted by molar-refractivity contribution is 7.89. The van der Waals surface area contributed by atoms with Crippen molar-refractivity contribution in [2.24, 2.45) is 0 Å². The third-order valence-electron chi connectivity index (χ3n) is 3.92. The van der Waals surface area contributed by atoms with Crippen LogP contribution in [-0.4, -0.2) is 14.5 Å². The van der Waals surface area contributed by atoms with Gasteiger partial charge in [0.1, 0.15) is 0 Å². The van der Waals surface area contributed by atoms with Gasteiger partial charge in [-0.25, -0.2) is 13.1 Å². The predicted octanol–water partition coefficient (Wildman–Crippen LogP) is 2.97. The molecule has 1 aromatic rings. The Morgan fingerprint density at radius 1 is 1.10 bits per heavy atom. The van der Waals surface area contributed by atoms with Gasteiger partial charge in [-0.05, 0) is 43.5 Å². The van der Waals surface area contributed by atoms with Gasteiger partial charge in [0, 0.05) is 11.7 Å². The van der Waals surface area contributed by atoms with E-state index >= 15 is 0 Å². The number of benzene rings is 1. The molecular formula is C15H24N2O2S. The predicted molar refractivity (Wildman–Crippen MR) is 82.0 cm³/mol. The quantitative estimate of drug-likeness (QED) is 0.842. The number of aryl methyl sites for hydroxylation is 1. The minimum atomic E-state index is -3.44. The normalized spacial score (nSPS) is 18.4. The van der Waals surface area contributed by atoms with Crippen molar-refractivity contribution in [2.75, 3.05) is 5.73 Å². The van der Waals surface area contributed by atoms with E-state index in [2.05, 4.69) is 4.72 Å². The van der Waals surface area contributed by atoms with Gasteiger partial charge >= 0.3 is 0 Å². The summed E-state index contributed by atoms with van der Waals surface area (Å²) in [6, 6.07) is 5.00. The van der Waals surface area contributed by atoms with Crippen LogP contribution >= 0.6 is 0 Å². The van der Waals surface area contributed by atoms with Crippen molar-refractivity contribution >= 4 is 15.7 Å². The molecule has 1 aliphatic carbocycles. The molecule has 0 aromatic heterocycles. The summed E-state index contributed by atoms with van der Waals surface area (Å²) < 4.78 is 27.8. The fraction of sp³-hybridized carbons (Fsp3) is 0.600. The third-order valence-corrected chi connectivity index (χ3v) is 5.60. The Morgan fingerprint density at radius 2 is 1.70 bits per heavy atom. The van der Waals surface area contributed by atoms with E-state index in [4.69, 9.17) is 5.73 Å². The lowest BCUT2D eigenvalue weighted by Gasteiger charge is -2.21. The second-order valence-corrected chi connectivity index (χ2v) is 7.37. The summed E-state index contributed by atoms with van der Waals surface area (Å²) in [5.74, 6) is 0. The van der Waals surface area contributed by atoms with E-state index in [9.17, 15) is 8.42 Å². The molecule has 1 aliphatic rings. The first-order valence-electron chi connectivity index (χ1n) is 7.37. The molecular weight excluding hydrogens is 272 g/mol. The van der Waals surface area contributed by atoms with Crippen LogP contribution in [0.1, 0.15) is 50.5 Å². The van der Waals surface area contributed by atoms with Gasteiger partial charge in [-0.1, -0.05) is 32.1 Å². The molecule has 0 saturated heterocycles. The van der Waals surface area contributed by atoms with Crippen LogP contribution in [0.2, 0.25) is 0 Å². The van der Waals surface area contributed by atoms with Crippen LogP contribution in [0.3, 0.4) is 0 Å². The summed E-state index contributed by atoms with van der Waals surface area (Å²) in [6.07, 6.45) is 7.77. The molecule has 1 aromatic carbocycles. The van der Waals surface area contributed by atoms with Crippen LogP contribution in [-0.2, 0) is 10.0 Å². The van der Waals surface area contributed by atoms with Crippen molar-refractivity contribution in [1.29, 1.82) is 0 Å². The fourth-order valence-corrected chi connectivity index (χ4v) is 4.36. The summed E-state index contributed by atoms with van der Waals surface area (Å²) in [5, 5.41) is 0. The molecule has 0 spiro atoms. The van der Waals surface area contributed by atoms with E-state index in [0.29, 0.717) is 16.1 Å². The number of nitrogens with one attached hydrogen (secondary N) is 1. The lowest BCUT2D eigenvalue weighted by molar-refractivity contribution is 0.426. The second-order valence-electron chi connectivity index (χ2n) is 5.69. The van der Waals surface area contributed by atoms with Crippen LogP contribution in [0.5, 0.6) is 0 Å². The molecule has 0 radical (unpaired) electrons. The Morgan fingerprint density at radius 3 is 2.30 bits per heavy atom. The number of rotatable bonds is 3. The molecule has 112 valence electrons. The smallest absolute Gasteiger partial charge is 0.241 e. The van der Waals surface area contributed by atoms with Gasteiger partial charge in [-0.2, -0.15) is 0 Å². The maximum absolute atomic E-state index is 12.5. The Kier molecular flexibility index (Phi) is 5.05. The van der Waals surface area contributed by atoms with Gasteiger partial charge in [0.15, 0.2) is 0 Å². The Hall–Kier alpha value is -1.07. The van der Waals surface area contributed by atoms with Gasteiger partial charge in [-0.3, -0.25) is 0 Å². The fourth-order valence-electron chi connectivity index (χ4n) is 2.83. The van der Waals surface area contributed by atoms with E-state index in [0.717, 1.165) is 25.7 Å². The van der Waals surface area contributed by atoms with Gasteiger partial charge in [0.2, 0.25) is 10.0 Å². The molecule has 0 amide bonds. The van der Waals surface area contributed by atoms with Crippen molar-refractivity contribution < 1.29 is 8.42 Å². The van der Waals surface area contributed by atoms with E-state index in [1.807, 2.05) is 0 Å². The molecule has 0 bridgehead atoms. The largest absolute Gasteiger partial charge is 0.399 e. The molecule has 1 fully saturated rings. The molecule has 0 heterocycles. The molecule has 1 saturated carbocycles. The first kappa shape index (κ1) is 15.3. The van der Waals surface area contributed by atoms with Gasteiger partial charge < -0.3 is 5.73 Å². The first-order valence-corrected chi connectivity index (χ1v) is 8.86. The molecule has 3 N–H and O–H groups in total. The van der Waals surface area contributed by atoms with Crippen molar-refractivity contribution in [2.45, 2.75) is 62.8 Å². The van der Waals surface area contributed by atoms with Crippen LogP contribution < -0.4 is 10.5 Å². The SMILES string of the molecule is Cc1cc(N)ccc1S(=O)(=O)NC1CCCCCCC1. The number of nitrogen functional groups attached to an aromatic ring is 1. The number of sulfonamides is 1. The molecule has 4 nitrogen and oxygen atoms in total. The topological polar surface area (TPSA) is 72.2 Å². The summed E-state index contributed by atoms with van der Waals surface area (Å²) in [4.78, 5) is 0.341. The van der Waals surface area contributed by atoms with Gasteiger partial charge in [0.05, 0.1) is 4.90 Å². The van der Waals surface area contributed by atoms with Crippen LogP contribution in [0.25, 0.3) is 0 Å². The van der Waals surface area contributed by atoms with Gasteiger partial charge in [0.25, 0.3) is 0 Å². The van der Waals surface area contributed by atoms with Gasteiger partial charge in [-0.15, -0.1) is 0 Å².